The van der Waals surface area contributed by atoms with Crippen LogP contribution < -0.4 is 0 Å². The van der Waals surface area contributed by atoms with Gasteiger partial charge in [0.2, 0.25) is 0 Å². The molecule has 0 radical (unpaired) electrons. The molecule has 1 aromatic rings. The molecule has 0 saturated heterocycles. The highest BCUT2D eigenvalue weighted by Gasteiger charge is 2.27. The minimum Gasteiger partial charge on any atom is -0.508 e. The first-order valence-corrected chi connectivity index (χ1v) is 6.14. The standard InChI is InChI=1S/C14H18O3/c1-3-9(2)14(16)17-13-7-4-10-8-11(15)5-6-12(10)13/h5-6,8-9,13,15H,3-4,7H2,1-2H3. The summed E-state index contributed by atoms with van der Waals surface area (Å²) in [5.41, 5.74) is 2.13. The fourth-order valence-electron chi connectivity index (χ4n) is 2.11. The van der Waals surface area contributed by atoms with Crippen LogP contribution >= 0.6 is 0 Å². The van der Waals surface area contributed by atoms with E-state index in [0.717, 1.165) is 30.4 Å². The molecule has 0 saturated carbocycles. The number of hydrogen-bond acceptors (Lipinski definition) is 3. The molecule has 92 valence electrons. The van der Waals surface area contributed by atoms with Gasteiger partial charge in [0.15, 0.2) is 0 Å². The van der Waals surface area contributed by atoms with E-state index in [-0.39, 0.29) is 23.7 Å². The number of ether oxygens (including phenoxy) is 1. The highest BCUT2D eigenvalue weighted by molar-refractivity contribution is 5.72. The van der Waals surface area contributed by atoms with E-state index >= 15 is 0 Å². The van der Waals surface area contributed by atoms with Crippen molar-refractivity contribution in [3.8, 4) is 5.75 Å². The minimum absolute atomic E-state index is 0.0452. The topological polar surface area (TPSA) is 46.5 Å². The molecule has 0 aromatic heterocycles. The number of benzene rings is 1. The first-order chi connectivity index (χ1) is 8.11. The van der Waals surface area contributed by atoms with Crippen LogP contribution in [0.4, 0.5) is 0 Å². The number of phenols is 1. The summed E-state index contributed by atoms with van der Waals surface area (Å²) in [5.74, 6) is 0.104. The molecule has 1 N–H and O–H groups in total. The second kappa shape index (κ2) is 4.78. The maximum atomic E-state index is 11.7. The van der Waals surface area contributed by atoms with Crippen LogP contribution in [0.3, 0.4) is 0 Å². The first-order valence-electron chi connectivity index (χ1n) is 6.14. The van der Waals surface area contributed by atoms with Gasteiger partial charge in [0.25, 0.3) is 0 Å². The third-order valence-corrected chi connectivity index (χ3v) is 3.42. The molecule has 2 atom stereocenters. The highest BCUT2D eigenvalue weighted by Crippen LogP contribution is 2.36. The Morgan fingerprint density at radius 1 is 1.59 bits per heavy atom. The Balaban J connectivity index is 2.10. The van der Waals surface area contributed by atoms with Gasteiger partial charge in [-0.2, -0.15) is 0 Å². The molecule has 0 amide bonds. The van der Waals surface area contributed by atoms with E-state index in [1.54, 1.807) is 12.1 Å². The smallest absolute Gasteiger partial charge is 0.309 e. The normalized spacial score (nSPS) is 19.8. The molecule has 0 aliphatic heterocycles. The number of fused-ring (bicyclic) bond motifs is 1. The van der Waals surface area contributed by atoms with E-state index in [2.05, 4.69) is 0 Å². The largest absolute Gasteiger partial charge is 0.508 e. The lowest BCUT2D eigenvalue weighted by molar-refractivity contribution is -0.153. The second-order valence-electron chi connectivity index (χ2n) is 4.66. The second-order valence-corrected chi connectivity index (χ2v) is 4.66. The van der Waals surface area contributed by atoms with E-state index in [4.69, 9.17) is 4.74 Å². The minimum atomic E-state index is -0.132. The molecule has 1 aliphatic rings. The number of hydrogen-bond donors (Lipinski definition) is 1. The zero-order valence-corrected chi connectivity index (χ0v) is 10.3. The van der Waals surface area contributed by atoms with Gasteiger partial charge in [0.05, 0.1) is 5.92 Å². The van der Waals surface area contributed by atoms with E-state index in [0.29, 0.717) is 0 Å². The van der Waals surface area contributed by atoms with Gasteiger partial charge in [0.1, 0.15) is 11.9 Å². The lowest BCUT2D eigenvalue weighted by Crippen LogP contribution is -2.16. The Morgan fingerprint density at radius 2 is 2.35 bits per heavy atom. The molecule has 2 rings (SSSR count). The van der Waals surface area contributed by atoms with Crippen LogP contribution in [-0.4, -0.2) is 11.1 Å². The Kier molecular flexibility index (Phi) is 3.36. The van der Waals surface area contributed by atoms with E-state index < -0.39 is 0 Å². The van der Waals surface area contributed by atoms with E-state index in [1.807, 2.05) is 19.9 Å². The average Bonchev–Trinajstić information content (AvgIpc) is 2.70. The molecule has 17 heavy (non-hydrogen) atoms. The molecular weight excluding hydrogens is 216 g/mol. The molecule has 0 heterocycles. The number of aromatic hydroxyl groups is 1. The fraction of sp³-hybridized carbons (Fsp3) is 0.500. The van der Waals surface area contributed by atoms with Crippen LogP contribution in [0.15, 0.2) is 18.2 Å². The van der Waals surface area contributed by atoms with Crippen molar-refractivity contribution in [1.29, 1.82) is 0 Å². The van der Waals surface area contributed by atoms with Gasteiger partial charge < -0.3 is 9.84 Å². The highest BCUT2D eigenvalue weighted by atomic mass is 16.5. The van der Waals surface area contributed by atoms with Crippen LogP contribution in [0.2, 0.25) is 0 Å². The zero-order chi connectivity index (χ0) is 12.4. The summed E-state index contributed by atoms with van der Waals surface area (Å²) in [7, 11) is 0. The predicted octanol–water partition coefficient (Wildman–Crippen LogP) is 2.97. The fourth-order valence-corrected chi connectivity index (χ4v) is 2.11. The van der Waals surface area contributed by atoms with E-state index in [9.17, 15) is 9.90 Å². The van der Waals surface area contributed by atoms with Crippen molar-refractivity contribution in [2.45, 2.75) is 39.2 Å². The Hall–Kier alpha value is -1.51. The Bertz CT molecular complexity index is 425. The van der Waals surface area contributed by atoms with Crippen molar-refractivity contribution in [1.82, 2.24) is 0 Å². The number of esters is 1. The van der Waals surface area contributed by atoms with Gasteiger partial charge in [-0.1, -0.05) is 19.9 Å². The third-order valence-electron chi connectivity index (χ3n) is 3.42. The summed E-state index contributed by atoms with van der Waals surface area (Å²) in [6.45, 7) is 3.86. The predicted molar refractivity (Wildman–Crippen MR) is 64.7 cm³/mol. The molecule has 0 bridgehead atoms. The van der Waals surface area contributed by atoms with Crippen molar-refractivity contribution in [3.05, 3.63) is 29.3 Å². The Morgan fingerprint density at radius 3 is 3.06 bits per heavy atom. The number of carbonyl (C=O) groups is 1. The van der Waals surface area contributed by atoms with Gasteiger partial charge in [-0.05, 0) is 42.5 Å². The molecule has 3 heteroatoms. The van der Waals surface area contributed by atoms with Crippen LogP contribution in [-0.2, 0) is 16.0 Å². The summed E-state index contributed by atoms with van der Waals surface area (Å²) < 4.78 is 5.51. The Labute approximate surface area is 101 Å². The zero-order valence-electron chi connectivity index (χ0n) is 10.3. The van der Waals surface area contributed by atoms with E-state index in [1.165, 1.54) is 0 Å². The molecule has 2 unspecified atom stereocenters. The van der Waals surface area contributed by atoms with Crippen molar-refractivity contribution < 1.29 is 14.6 Å². The van der Waals surface area contributed by atoms with Gasteiger partial charge in [-0.25, -0.2) is 0 Å². The van der Waals surface area contributed by atoms with Gasteiger partial charge >= 0.3 is 5.97 Å². The van der Waals surface area contributed by atoms with Gasteiger partial charge in [-0.3, -0.25) is 4.79 Å². The van der Waals surface area contributed by atoms with Crippen LogP contribution in [0.5, 0.6) is 5.75 Å². The lowest BCUT2D eigenvalue weighted by atomic mass is 10.1. The van der Waals surface area contributed by atoms with Crippen LogP contribution in [0.1, 0.15) is 43.9 Å². The van der Waals surface area contributed by atoms with Gasteiger partial charge in [-0.15, -0.1) is 0 Å². The SMILES string of the molecule is CCC(C)C(=O)OC1CCc2cc(O)ccc21. The monoisotopic (exact) mass is 234 g/mol. The average molecular weight is 234 g/mol. The first kappa shape index (κ1) is 12.0. The van der Waals surface area contributed by atoms with Crippen LogP contribution in [0, 0.1) is 5.92 Å². The van der Waals surface area contributed by atoms with Crippen molar-refractivity contribution in [3.63, 3.8) is 0 Å². The van der Waals surface area contributed by atoms with Gasteiger partial charge in [0, 0.05) is 0 Å². The summed E-state index contributed by atoms with van der Waals surface area (Å²) in [4.78, 5) is 11.7. The lowest BCUT2D eigenvalue weighted by Gasteiger charge is -2.16. The number of phenolic OH excluding ortho intramolecular Hbond substituents is 1. The van der Waals surface area contributed by atoms with Crippen LogP contribution in [0.25, 0.3) is 0 Å². The van der Waals surface area contributed by atoms with Crippen molar-refractivity contribution in [2.75, 3.05) is 0 Å². The quantitative estimate of drug-likeness (QED) is 0.818. The summed E-state index contributed by atoms with van der Waals surface area (Å²) in [6, 6.07) is 5.26. The molecule has 0 spiro atoms. The van der Waals surface area contributed by atoms with Crippen molar-refractivity contribution >= 4 is 5.97 Å². The molecular formula is C14H18O3. The summed E-state index contributed by atoms with van der Waals surface area (Å²) in [5, 5.41) is 9.38. The summed E-state index contributed by atoms with van der Waals surface area (Å²) in [6.07, 6.45) is 2.35. The third kappa shape index (κ3) is 2.43. The molecule has 1 aliphatic carbocycles. The number of aryl methyl sites for hydroxylation is 1. The molecule has 1 aromatic carbocycles. The maximum absolute atomic E-state index is 11.7. The molecule has 0 fully saturated rings. The number of carbonyl (C=O) groups excluding carboxylic acids is 1. The summed E-state index contributed by atoms with van der Waals surface area (Å²) >= 11 is 0. The number of rotatable bonds is 3. The maximum Gasteiger partial charge on any atom is 0.309 e. The molecule has 3 nitrogen and oxygen atoms in total. The van der Waals surface area contributed by atoms with Crippen molar-refractivity contribution in [2.24, 2.45) is 5.92 Å².